The highest BCUT2D eigenvalue weighted by molar-refractivity contribution is 7.08. The third kappa shape index (κ3) is 2.80. The molecular weight excluding hydrogens is 274 g/mol. The van der Waals surface area contributed by atoms with E-state index in [1.807, 2.05) is 13.8 Å². The summed E-state index contributed by atoms with van der Waals surface area (Å²) in [4.78, 5) is 20.1. The van der Waals surface area contributed by atoms with E-state index in [0.29, 0.717) is 16.4 Å². The fourth-order valence-electron chi connectivity index (χ4n) is 1.31. The molecule has 0 aliphatic carbocycles. The van der Waals surface area contributed by atoms with Crippen LogP contribution >= 0.6 is 23.1 Å². The fourth-order valence-corrected chi connectivity index (χ4v) is 2.17. The van der Waals surface area contributed by atoms with Crippen molar-refractivity contribution in [3.63, 3.8) is 0 Å². The van der Waals surface area contributed by atoms with Gasteiger partial charge < -0.3 is 5.32 Å². The van der Waals surface area contributed by atoms with Crippen LogP contribution < -0.4 is 5.32 Å². The Labute approximate surface area is 113 Å². The summed E-state index contributed by atoms with van der Waals surface area (Å²) >= 11 is 6.70. The van der Waals surface area contributed by atoms with Gasteiger partial charge in [-0.2, -0.15) is 0 Å². The third-order valence-corrected chi connectivity index (χ3v) is 3.06. The molecule has 8 heteroatoms. The van der Waals surface area contributed by atoms with E-state index < -0.39 is 0 Å². The first-order chi connectivity index (χ1) is 8.58. The zero-order valence-corrected chi connectivity index (χ0v) is 11.3. The summed E-state index contributed by atoms with van der Waals surface area (Å²) in [6.45, 7) is 3.91. The lowest BCUT2D eigenvalue weighted by Gasteiger charge is -2.05. The summed E-state index contributed by atoms with van der Waals surface area (Å²) < 4.78 is 3.80. The van der Waals surface area contributed by atoms with Gasteiger partial charge in [0.2, 0.25) is 5.28 Å². The number of anilines is 1. The van der Waals surface area contributed by atoms with Crippen molar-refractivity contribution in [2.45, 2.75) is 19.8 Å². The number of aromatic nitrogens is 4. The number of hydrogen-bond acceptors (Lipinski definition) is 6. The number of rotatable bonds is 3. The minimum Gasteiger partial charge on any atom is -0.306 e. The molecule has 18 heavy (non-hydrogen) atoms. The molecule has 0 saturated heterocycles. The summed E-state index contributed by atoms with van der Waals surface area (Å²) in [5.74, 6) is 0.199. The molecule has 6 nitrogen and oxygen atoms in total. The minimum atomic E-state index is -0.288. The summed E-state index contributed by atoms with van der Waals surface area (Å²) in [5, 5.41) is 6.66. The van der Waals surface area contributed by atoms with Gasteiger partial charge in [-0.25, -0.2) is 9.97 Å². The van der Waals surface area contributed by atoms with E-state index in [2.05, 4.69) is 24.9 Å². The number of halogens is 1. The molecule has 1 amide bonds. The summed E-state index contributed by atoms with van der Waals surface area (Å²) in [6, 6.07) is 1.56. The molecule has 1 N–H and O–H groups in total. The van der Waals surface area contributed by atoms with Crippen molar-refractivity contribution in [1.82, 2.24) is 19.6 Å². The number of hydrogen-bond donors (Lipinski definition) is 1. The Morgan fingerprint density at radius 2 is 2.28 bits per heavy atom. The summed E-state index contributed by atoms with van der Waals surface area (Å²) in [7, 11) is 0. The maximum Gasteiger partial charge on any atom is 0.270 e. The maximum absolute atomic E-state index is 12.0. The fraction of sp³-hybridized carbons (Fsp3) is 0.300. The average Bonchev–Trinajstić information content (AvgIpc) is 2.77. The van der Waals surface area contributed by atoms with Crippen molar-refractivity contribution in [3.8, 4) is 0 Å². The Balaban J connectivity index is 2.20. The van der Waals surface area contributed by atoms with Crippen LogP contribution in [-0.4, -0.2) is 25.5 Å². The predicted molar refractivity (Wildman–Crippen MR) is 69.0 cm³/mol. The molecule has 2 heterocycles. The predicted octanol–water partition coefficient (Wildman–Crippen LogP) is 2.36. The number of carbonyl (C=O) groups excluding carboxylic acids is 1. The van der Waals surface area contributed by atoms with Crippen LogP contribution in [0.1, 0.15) is 35.1 Å². The van der Waals surface area contributed by atoms with Gasteiger partial charge in [0.25, 0.3) is 5.91 Å². The van der Waals surface area contributed by atoms with Gasteiger partial charge in [-0.15, -0.1) is 5.10 Å². The first-order valence-corrected chi connectivity index (χ1v) is 6.35. The molecule has 0 aliphatic rings. The van der Waals surface area contributed by atoms with Crippen molar-refractivity contribution in [3.05, 3.63) is 28.1 Å². The van der Waals surface area contributed by atoms with Crippen LogP contribution in [0.25, 0.3) is 0 Å². The van der Waals surface area contributed by atoms with Gasteiger partial charge in [-0.05, 0) is 35.1 Å². The zero-order valence-electron chi connectivity index (χ0n) is 9.72. The molecule has 0 atom stereocenters. The van der Waals surface area contributed by atoms with Gasteiger partial charge in [0, 0.05) is 6.20 Å². The molecule has 2 rings (SSSR count). The van der Waals surface area contributed by atoms with Gasteiger partial charge in [0.15, 0.2) is 0 Å². The van der Waals surface area contributed by atoms with E-state index in [4.69, 9.17) is 11.6 Å². The van der Waals surface area contributed by atoms with Crippen LogP contribution in [0.5, 0.6) is 0 Å². The van der Waals surface area contributed by atoms with Crippen LogP contribution in [-0.2, 0) is 0 Å². The smallest absolute Gasteiger partial charge is 0.270 e. The molecule has 0 aromatic carbocycles. The lowest BCUT2D eigenvalue weighted by Crippen LogP contribution is -2.14. The number of nitrogens with zero attached hydrogens (tertiary/aromatic N) is 4. The van der Waals surface area contributed by atoms with E-state index in [9.17, 15) is 4.79 Å². The lowest BCUT2D eigenvalue weighted by atomic mass is 10.1. The molecule has 2 aromatic heterocycles. The lowest BCUT2D eigenvalue weighted by molar-refractivity contribution is 0.102. The first kappa shape index (κ1) is 12.8. The average molecular weight is 284 g/mol. The van der Waals surface area contributed by atoms with Crippen molar-refractivity contribution >= 4 is 34.9 Å². The number of carbonyl (C=O) groups is 1. The third-order valence-electron chi connectivity index (χ3n) is 2.13. The standard InChI is InChI=1S/C10H10ClN5OS/c1-5(2)7-8(18-16-15-7)9(17)13-6-3-4-12-10(11)14-6/h3-5H,1-2H3,(H,12,13,14,17). The van der Waals surface area contributed by atoms with Crippen molar-refractivity contribution in [2.24, 2.45) is 0 Å². The highest BCUT2D eigenvalue weighted by Gasteiger charge is 2.19. The van der Waals surface area contributed by atoms with Crippen LogP contribution in [0, 0.1) is 0 Å². The quantitative estimate of drug-likeness (QED) is 0.875. The first-order valence-electron chi connectivity index (χ1n) is 5.20. The Kier molecular flexibility index (Phi) is 3.83. The van der Waals surface area contributed by atoms with Crippen molar-refractivity contribution in [1.29, 1.82) is 0 Å². The summed E-state index contributed by atoms with van der Waals surface area (Å²) in [5.41, 5.74) is 0.678. The van der Waals surface area contributed by atoms with Gasteiger partial charge in [0.05, 0.1) is 5.69 Å². The van der Waals surface area contributed by atoms with Crippen LogP contribution in [0.15, 0.2) is 12.3 Å². The largest absolute Gasteiger partial charge is 0.306 e. The Bertz CT molecular complexity index is 571. The maximum atomic E-state index is 12.0. The van der Waals surface area contributed by atoms with E-state index in [1.165, 1.54) is 6.20 Å². The zero-order chi connectivity index (χ0) is 13.1. The molecule has 0 aliphatic heterocycles. The topological polar surface area (TPSA) is 80.7 Å². The summed E-state index contributed by atoms with van der Waals surface area (Å²) in [6.07, 6.45) is 1.47. The second-order valence-electron chi connectivity index (χ2n) is 3.81. The Morgan fingerprint density at radius 1 is 1.50 bits per heavy atom. The highest BCUT2D eigenvalue weighted by atomic mass is 35.5. The Morgan fingerprint density at radius 3 is 2.94 bits per heavy atom. The SMILES string of the molecule is CC(C)c1nnsc1C(=O)Nc1ccnc(Cl)n1. The Hall–Kier alpha value is -1.60. The second-order valence-corrected chi connectivity index (χ2v) is 4.90. The number of nitrogens with one attached hydrogen (secondary N) is 1. The molecule has 0 unspecified atom stereocenters. The molecule has 0 spiro atoms. The molecule has 0 saturated carbocycles. The van der Waals surface area contributed by atoms with Crippen LogP contribution in [0.2, 0.25) is 5.28 Å². The van der Waals surface area contributed by atoms with E-state index >= 15 is 0 Å². The van der Waals surface area contributed by atoms with Gasteiger partial charge >= 0.3 is 0 Å². The van der Waals surface area contributed by atoms with Gasteiger partial charge in [-0.1, -0.05) is 18.3 Å². The molecule has 0 fully saturated rings. The molecule has 0 bridgehead atoms. The van der Waals surface area contributed by atoms with E-state index in [1.54, 1.807) is 6.07 Å². The minimum absolute atomic E-state index is 0.0827. The molecule has 2 aromatic rings. The van der Waals surface area contributed by atoms with Gasteiger partial charge in [-0.3, -0.25) is 4.79 Å². The van der Waals surface area contributed by atoms with E-state index in [-0.39, 0.29) is 17.1 Å². The monoisotopic (exact) mass is 283 g/mol. The molecule has 0 radical (unpaired) electrons. The molecular formula is C10H10ClN5OS. The number of amides is 1. The molecule has 94 valence electrons. The highest BCUT2D eigenvalue weighted by Crippen LogP contribution is 2.20. The van der Waals surface area contributed by atoms with Crippen molar-refractivity contribution < 1.29 is 4.79 Å². The van der Waals surface area contributed by atoms with Crippen LogP contribution in [0.4, 0.5) is 5.82 Å². The normalized spacial score (nSPS) is 10.7. The van der Waals surface area contributed by atoms with Crippen molar-refractivity contribution in [2.75, 3.05) is 5.32 Å². The second kappa shape index (κ2) is 5.36. The van der Waals surface area contributed by atoms with Crippen LogP contribution in [0.3, 0.4) is 0 Å². The van der Waals surface area contributed by atoms with Gasteiger partial charge in [0.1, 0.15) is 10.7 Å². The van der Waals surface area contributed by atoms with E-state index in [0.717, 1.165) is 11.5 Å².